The van der Waals surface area contributed by atoms with E-state index in [1.54, 1.807) is 19.4 Å². The Morgan fingerprint density at radius 2 is 2.00 bits per heavy atom. The van der Waals surface area contributed by atoms with Crippen molar-refractivity contribution >= 4 is 11.9 Å². The van der Waals surface area contributed by atoms with Gasteiger partial charge in [0, 0.05) is 24.4 Å². The van der Waals surface area contributed by atoms with Crippen LogP contribution in [0, 0.1) is 11.8 Å². The number of rotatable bonds is 3. The molecule has 0 spiro atoms. The molecule has 2 aromatic rings. The van der Waals surface area contributed by atoms with Crippen LogP contribution in [0.25, 0.3) is 0 Å². The third-order valence-electron chi connectivity index (χ3n) is 3.38. The predicted octanol–water partition coefficient (Wildman–Crippen LogP) is 2.45. The van der Waals surface area contributed by atoms with E-state index in [1.807, 2.05) is 36.4 Å². The molecule has 5 nitrogen and oxygen atoms in total. The molecule has 116 valence electrons. The van der Waals surface area contributed by atoms with Gasteiger partial charge in [-0.05, 0) is 24.3 Å². The zero-order valence-electron chi connectivity index (χ0n) is 12.7. The first-order valence-corrected chi connectivity index (χ1v) is 7.26. The number of methoxy groups -OCH3 is 1. The van der Waals surface area contributed by atoms with Gasteiger partial charge < -0.3 is 9.47 Å². The Bertz CT molecular complexity index is 732. The van der Waals surface area contributed by atoms with Crippen molar-refractivity contribution in [3.63, 3.8) is 0 Å². The molecule has 1 atom stereocenters. The van der Waals surface area contributed by atoms with Crippen LogP contribution in [0.5, 0.6) is 0 Å². The fourth-order valence-corrected chi connectivity index (χ4v) is 2.27. The number of benzene rings is 1. The highest BCUT2D eigenvalue weighted by Gasteiger charge is 2.32. The number of carbonyl (C=O) groups is 1. The molecule has 5 heteroatoms. The van der Waals surface area contributed by atoms with Gasteiger partial charge in [-0.3, -0.25) is 4.90 Å². The Morgan fingerprint density at radius 3 is 2.70 bits per heavy atom. The highest BCUT2D eigenvalue weighted by Crippen LogP contribution is 2.19. The second kappa shape index (κ2) is 6.95. The summed E-state index contributed by atoms with van der Waals surface area (Å²) in [7, 11) is 1.58. The van der Waals surface area contributed by atoms with Gasteiger partial charge in [-0.2, -0.15) is 0 Å². The lowest BCUT2D eigenvalue weighted by Gasteiger charge is -2.11. The molecule has 1 fully saturated rings. The van der Waals surface area contributed by atoms with Crippen LogP contribution < -0.4 is 4.90 Å². The summed E-state index contributed by atoms with van der Waals surface area (Å²) in [5.74, 6) is 6.68. The maximum atomic E-state index is 11.8. The van der Waals surface area contributed by atoms with Gasteiger partial charge in [-0.25, -0.2) is 9.78 Å². The summed E-state index contributed by atoms with van der Waals surface area (Å²) in [6, 6.07) is 13.4. The van der Waals surface area contributed by atoms with Gasteiger partial charge in [-0.15, -0.1) is 0 Å². The largest absolute Gasteiger partial charge is 0.441 e. The molecule has 1 aliphatic heterocycles. The van der Waals surface area contributed by atoms with E-state index in [1.165, 1.54) is 4.90 Å². The Labute approximate surface area is 134 Å². The normalized spacial score (nSPS) is 16.7. The van der Waals surface area contributed by atoms with Crippen LogP contribution in [-0.2, 0) is 9.47 Å². The number of carbonyl (C=O) groups excluding carboxylic acids is 1. The number of cyclic esters (lactones) is 1. The Kier molecular flexibility index (Phi) is 4.55. The van der Waals surface area contributed by atoms with Crippen molar-refractivity contribution in [3.8, 4) is 11.8 Å². The summed E-state index contributed by atoms with van der Waals surface area (Å²) in [4.78, 5) is 17.6. The Balaban J connectivity index is 1.71. The van der Waals surface area contributed by atoms with E-state index in [0.717, 1.165) is 11.1 Å². The van der Waals surface area contributed by atoms with Crippen molar-refractivity contribution in [2.45, 2.75) is 6.10 Å². The summed E-state index contributed by atoms with van der Waals surface area (Å²) in [5.41, 5.74) is 1.74. The number of hydrogen-bond acceptors (Lipinski definition) is 4. The van der Waals surface area contributed by atoms with Gasteiger partial charge in [-0.1, -0.05) is 30.0 Å². The lowest BCUT2D eigenvalue weighted by molar-refractivity contribution is 0.0718. The van der Waals surface area contributed by atoms with E-state index in [-0.39, 0.29) is 6.10 Å². The molecule has 1 aliphatic rings. The average Bonchev–Trinajstić information content (AvgIpc) is 2.95. The second-order valence-corrected chi connectivity index (χ2v) is 5.09. The smallest absolute Gasteiger partial charge is 0.416 e. The first-order chi connectivity index (χ1) is 11.3. The van der Waals surface area contributed by atoms with E-state index in [4.69, 9.17) is 9.47 Å². The topological polar surface area (TPSA) is 51.7 Å². The quantitative estimate of drug-likeness (QED) is 0.817. The lowest BCUT2D eigenvalue weighted by atomic mass is 10.2. The van der Waals surface area contributed by atoms with Crippen LogP contribution in [0.15, 0.2) is 48.7 Å². The highest BCUT2D eigenvalue weighted by atomic mass is 16.6. The highest BCUT2D eigenvalue weighted by molar-refractivity contribution is 5.88. The fourth-order valence-electron chi connectivity index (χ4n) is 2.27. The maximum absolute atomic E-state index is 11.8. The molecular formula is C18H16N2O3. The number of nitrogens with zero attached hydrogens (tertiary/aromatic N) is 2. The minimum atomic E-state index is -0.400. The summed E-state index contributed by atoms with van der Waals surface area (Å²) in [6.07, 6.45) is 0.997. The summed E-state index contributed by atoms with van der Waals surface area (Å²) < 4.78 is 10.2. The molecule has 0 aliphatic carbocycles. The van der Waals surface area contributed by atoms with Crippen LogP contribution in [0.2, 0.25) is 0 Å². The zero-order chi connectivity index (χ0) is 16.1. The Hall–Kier alpha value is -2.84. The van der Waals surface area contributed by atoms with Crippen molar-refractivity contribution in [3.05, 3.63) is 59.8 Å². The second-order valence-electron chi connectivity index (χ2n) is 5.09. The fraction of sp³-hybridized carbons (Fsp3) is 0.222. The molecule has 0 bridgehead atoms. The van der Waals surface area contributed by atoms with Gasteiger partial charge in [0.1, 0.15) is 11.9 Å². The minimum absolute atomic E-state index is 0.258. The molecule has 1 saturated heterocycles. The van der Waals surface area contributed by atoms with Crippen LogP contribution in [0.3, 0.4) is 0 Å². The first kappa shape index (κ1) is 15.1. The summed E-state index contributed by atoms with van der Waals surface area (Å²) in [5, 5.41) is 0. The van der Waals surface area contributed by atoms with Crippen LogP contribution >= 0.6 is 0 Å². The first-order valence-electron chi connectivity index (χ1n) is 7.26. The molecule has 1 aromatic carbocycles. The van der Waals surface area contributed by atoms with Crippen LogP contribution in [-0.4, -0.2) is 37.4 Å². The van der Waals surface area contributed by atoms with Gasteiger partial charge in [0.05, 0.1) is 13.2 Å². The molecule has 23 heavy (non-hydrogen) atoms. The molecule has 0 saturated carbocycles. The van der Waals surface area contributed by atoms with Crippen LogP contribution in [0.1, 0.15) is 11.1 Å². The minimum Gasteiger partial charge on any atom is -0.441 e. The maximum Gasteiger partial charge on any atom is 0.416 e. The molecule has 3 rings (SSSR count). The van der Waals surface area contributed by atoms with Crippen molar-refractivity contribution in [1.29, 1.82) is 0 Å². The number of ether oxygens (including phenoxy) is 2. The third kappa shape index (κ3) is 3.68. The van der Waals surface area contributed by atoms with E-state index < -0.39 is 6.09 Å². The standard InChI is InChI=1S/C18H16N2O3/c1-22-13-16-12-20(18(21)23-16)17-10-9-15(11-19-17)8-7-14-5-3-2-4-6-14/h2-6,9-11,16H,12-13H2,1H3/t16-/m0/s1. The molecule has 1 amide bonds. The average molecular weight is 308 g/mol. The van der Waals surface area contributed by atoms with Crippen molar-refractivity contribution in [2.24, 2.45) is 0 Å². The van der Waals surface area contributed by atoms with E-state index >= 15 is 0 Å². The molecule has 1 aromatic heterocycles. The molecule has 0 radical (unpaired) electrons. The van der Waals surface area contributed by atoms with E-state index in [9.17, 15) is 4.79 Å². The number of aromatic nitrogens is 1. The lowest BCUT2D eigenvalue weighted by Crippen LogP contribution is -2.26. The summed E-state index contributed by atoms with van der Waals surface area (Å²) >= 11 is 0. The molecule has 0 unspecified atom stereocenters. The van der Waals surface area contributed by atoms with E-state index in [0.29, 0.717) is 19.0 Å². The van der Waals surface area contributed by atoms with E-state index in [2.05, 4.69) is 16.8 Å². The number of pyridine rings is 1. The zero-order valence-corrected chi connectivity index (χ0v) is 12.7. The number of anilines is 1. The van der Waals surface area contributed by atoms with Gasteiger partial charge >= 0.3 is 6.09 Å². The molecule has 2 heterocycles. The SMILES string of the molecule is COC[C@@H]1CN(c2ccc(C#Cc3ccccc3)cn2)C(=O)O1. The Morgan fingerprint density at radius 1 is 1.22 bits per heavy atom. The van der Waals surface area contributed by atoms with Gasteiger partial charge in [0.25, 0.3) is 0 Å². The molecular weight excluding hydrogens is 292 g/mol. The van der Waals surface area contributed by atoms with Gasteiger partial charge in [0.2, 0.25) is 0 Å². The van der Waals surface area contributed by atoms with Crippen LogP contribution in [0.4, 0.5) is 10.6 Å². The van der Waals surface area contributed by atoms with Gasteiger partial charge in [0.15, 0.2) is 0 Å². The number of amides is 1. The van der Waals surface area contributed by atoms with Crippen molar-refractivity contribution < 1.29 is 14.3 Å². The number of hydrogen-bond donors (Lipinski definition) is 0. The summed E-state index contributed by atoms with van der Waals surface area (Å²) in [6.45, 7) is 0.817. The molecule has 0 N–H and O–H groups in total. The monoisotopic (exact) mass is 308 g/mol. The van der Waals surface area contributed by atoms with Crippen molar-refractivity contribution in [2.75, 3.05) is 25.2 Å². The predicted molar refractivity (Wildman–Crippen MR) is 86.2 cm³/mol. The third-order valence-corrected chi connectivity index (χ3v) is 3.38. The van der Waals surface area contributed by atoms with Crippen molar-refractivity contribution in [1.82, 2.24) is 4.98 Å².